The van der Waals surface area contributed by atoms with Gasteiger partial charge in [0.15, 0.2) is 0 Å². The van der Waals surface area contributed by atoms with Crippen LogP contribution in [0.2, 0.25) is 0 Å². The van der Waals surface area contributed by atoms with Gasteiger partial charge in [-0.3, -0.25) is 0 Å². The van der Waals surface area contributed by atoms with Crippen molar-refractivity contribution in [3.05, 3.63) is 23.9 Å². The Morgan fingerprint density at radius 3 is 2.89 bits per heavy atom. The van der Waals surface area contributed by atoms with Gasteiger partial charge in [-0.1, -0.05) is 32.3 Å². The molecule has 3 atom stereocenters. The normalized spacial score (nSPS) is 25.0. The first kappa shape index (κ1) is 14.3. The number of aliphatic hydroxyl groups is 1. The summed E-state index contributed by atoms with van der Waals surface area (Å²) in [6.45, 7) is 2.26. The first-order valence-corrected chi connectivity index (χ1v) is 7.40. The van der Waals surface area contributed by atoms with Crippen LogP contribution in [-0.2, 0) is 6.42 Å². The van der Waals surface area contributed by atoms with Crippen LogP contribution in [0.1, 0.15) is 44.6 Å². The molecule has 2 rings (SSSR count). The van der Waals surface area contributed by atoms with Gasteiger partial charge >= 0.3 is 0 Å². The van der Waals surface area contributed by atoms with Gasteiger partial charge in [-0.15, -0.1) is 0 Å². The minimum absolute atomic E-state index is 0.232. The Labute approximate surface area is 116 Å². The zero-order chi connectivity index (χ0) is 13.7. The van der Waals surface area contributed by atoms with E-state index >= 15 is 0 Å². The molecule has 0 aliphatic heterocycles. The first-order chi connectivity index (χ1) is 9.22. The van der Waals surface area contributed by atoms with Crippen LogP contribution < -0.4 is 4.74 Å². The van der Waals surface area contributed by atoms with E-state index in [4.69, 9.17) is 4.74 Å². The van der Waals surface area contributed by atoms with Crippen LogP contribution in [0.4, 0.5) is 0 Å². The van der Waals surface area contributed by atoms with Crippen LogP contribution >= 0.6 is 0 Å². The van der Waals surface area contributed by atoms with Gasteiger partial charge in [0, 0.05) is 18.7 Å². The number of ether oxygens (including phenoxy) is 1. The highest BCUT2D eigenvalue weighted by Crippen LogP contribution is 2.33. The van der Waals surface area contributed by atoms with Gasteiger partial charge in [-0.2, -0.15) is 0 Å². The lowest BCUT2D eigenvalue weighted by atomic mass is 9.76. The minimum Gasteiger partial charge on any atom is -0.481 e. The molecule has 1 saturated carbocycles. The van der Waals surface area contributed by atoms with Crippen LogP contribution in [0.25, 0.3) is 0 Å². The molecule has 1 aliphatic rings. The Balaban J connectivity index is 1.90. The van der Waals surface area contributed by atoms with E-state index in [-0.39, 0.29) is 6.10 Å². The lowest BCUT2D eigenvalue weighted by Crippen LogP contribution is -2.28. The lowest BCUT2D eigenvalue weighted by molar-refractivity contribution is 0.0684. The quantitative estimate of drug-likeness (QED) is 0.887. The molecule has 3 heteroatoms. The second-order valence-corrected chi connectivity index (χ2v) is 5.68. The van der Waals surface area contributed by atoms with Crippen molar-refractivity contribution < 1.29 is 9.84 Å². The highest BCUT2D eigenvalue weighted by Gasteiger charge is 2.26. The molecule has 3 unspecified atom stereocenters. The summed E-state index contributed by atoms with van der Waals surface area (Å²) in [7, 11) is 1.61. The molecule has 0 saturated heterocycles. The molecular formula is C16H25NO2. The zero-order valence-corrected chi connectivity index (χ0v) is 12.0. The molecule has 1 fully saturated rings. The summed E-state index contributed by atoms with van der Waals surface area (Å²) in [4.78, 5) is 4.19. The van der Waals surface area contributed by atoms with E-state index < -0.39 is 0 Å². The molecule has 1 aromatic heterocycles. The van der Waals surface area contributed by atoms with E-state index in [9.17, 15) is 5.11 Å². The predicted molar refractivity (Wildman–Crippen MR) is 76.2 cm³/mol. The smallest absolute Gasteiger partial charge is 0.212 e. The van der Waals surface area contributed by atoms with Crippen molar-refractivity contribution in [3.63, 3.8) is 0 Å². The third-order valence-electron chi connectivity index (χ3n) is 4.40. The maximum absolute atomic E-state index is 10.4. The van der Waals surface area contributed by atoms with E-state index in [0.29, 0.717) is 18.2 Å². The van der Waals surface area contributed by atoms with Crippen molar-refractivity contribution in [1.82, 2.24) is 4.98 Å². The second kappa shape index (κ2) is 6.90. The molecule has 19 heavy (non-hydrogen) atoms. The molecule has 1 aliphatic carbocycles. The molecule has 0 spiro atoms. The lowest BCUT2D eigenvalue weighted by Gasteiger charge is -2.31. The number of hydrogen-bond acceptors (Lipinski definition) is 3. The minimum atomic E-state index is -0.232. The van der Waals surface area contributed by atoms with Crippen molar-refractivity contribution in [2.75, 3.05) is 7.11 Å². The highest BCUT2D eigenvalue weighted by atomic mass is 16.5. The SMILES string of the molecule is CCC1CCCC(C(O)Cc2ccc(OC)nc2)C1. The second-order valence-electron chi connectivity index (χ2n) is 5.68. The van der Waals surface area contributed by atoms with Gasteiger partial charge in [0.25, 0.3) is 0 Å². The molecular weight excluding hydrogens is 238 g/mol. The van der Waals surface area contributed by atoms with Crippen molar-refractivity contribution in [3.8, 4) is 5.88 Å². The summed E-state index contributed by atoms with van der Waals surface area (Å²) in [6.07, 6.45) is 8.48. The summed E-state index contributed by atoms with van der Waals surface area (Å²) in [6, 6.07) is 3.85. The standard InChI is InChI=1S/C16H25NO2/c1-3-12-5-4-6-14(9-12)15(18)10-13-7-8-16(19-2)17-11-13/h7-8,11-12,14-15,18H,3-6,9-10H2,1-2H3. The maximum atomic E-state index is 10.4. The van der Waals surface area contributed by atoms with Gasteiger partial charge in [-0.25, -0.2) is 4.98 Å². The van der Waals surface area contributed by atoms with Crippen LogP contribution in [0.5, 0.6) is 5.88 Å². The average molecular weight is 263 g/mol. The van der Waals surface area contributed by atoms with E-state index in [1.54, 1.807) is 7.11 Å². The fraction of sp³-hybridized carbons (Fsp3) is 0.688. The fourth-order valence-electron chi connectivity index (χ4n) is 3.11. The third-order valence-corrected chi connectivity index (χ3v) is 4.40. The molecule has 1 aromatic rings. The van der Waals surface area contributed by atoms with Gasteiger partial charge in [0.05, 0.1) is 13.2 Å². The molecule has 1 N–H and O–H groups in total. The van der Waals surface area contributed by atoms with Crippen molar-refractivity contribution in [2.45, 2.75) is 51.6 Å². The third kappa shape index (κ3) is 3.93. The molecule has 106 valence electrons. The predicted octanol–water partition coefficient (Wildman–Crippen LogP) is 3.21. The molecule has 0 amide bonds. The Morgan fingerprint density at radius 1 is 1.42 bits per heavy atom. The Kier molecular flexibility index (Phi) is 5.20. The van der Waals surface area contributed by atoms with Crippen molar-refractivity contribution >= 4 is 0 Å². The number of pyridine rings is 1. The van der Waals surface area contributed by atoms with Gasteiger partial charge in [0.1, 0.15) is 0 Å². The van der Waals surface area contributed by atoms with Gasteiger partial charge < -0.3 is 9.84 Å². The van der Waals surface area contributed by atoms with Crippen LogP contribution in [0, 0.1) is 11.8 Å². The maximum Gasteiger partial charge on any atom is 0.212 e. The van der Waals surface area contributed by atoms with Crippen LogP contribution in [0.3, 0.4) is 0 Å². The van der Waals surface area contributed by atoms with Crippen molar-refractivity contribution in [1.29, 1.82) is 0 Å². The van der Waals surface area contributed by atoms with E-state index in [2.05, 4.69) is 11.9 Å². The zero-order valence-electron chi connectivity index (χ0n) is 12.0. The number of aromatic nitrogens is 1. The number of aliphatic hydroxyl groups excluding tert-OH is 1. The average Bonchev–Trinajstić information content (AvgIpc) is 2.48. The largest absolute Gasteiger partial charge is 0.481 e. The van der Waals surface area contributed by atoms with E-state index in [1.165, 1.54) is 32.1 Å². The molecule has 0 aromatic carbocycles. The first-order valence-electron chi connectivity index (χ1n) is 7.40. The molecule has 3 nitrogen and oxygen atoms in total. The highest BCUT2D eigenvalue weighted by molar-refractivity contribution is 5.18. The summed E-state index contributed by atoms with van der Waals surface area (Å²) >= 11 is 0. The summed E-state index contributed by atoms with van der Waals surface area (Å²) in [5.74, 6) is 1.89. The Morgan fingerprint density at radius 2 is 2.26 bits per heavy atom. The monoisotopic (exact) mass is 263 g/mol. The van der Waals surface area contributed by atoms with E-state index in [1.807, 2.05) is 18.3 Å². The number of hydrogen-bond donors (Lipinski definition) is 1. The summed E-state index contributed by atoms with van der Waals surface area (Å²) in [5.41, 5.74) is 1.09. The van der Waals surface area contributed by atoms with E-state index in [0.717, 1.165) is 11.5 Å². The topological polar surface area (TPSA) is 42.4 Å². The summed E-state index contributed by atoms with van der Waals surface area (Å²) < 4.78 is 5.05. The Bertz CT molecular complexity index is 377. The number of methoxy groups -OCH3 is 1. The number of rotatable bonds is 5. The number of nitrogens with zero attached hydrogens (tertiary/aromatic N) is 1. The summed E-state index contributed by atoms with van der Waals surface area (Å²) in [5, 5.41) is 10.4. The van der Waals surface area contributed by atoms with Crippen LogP contribution in [-0.4, -0.2) is 23.3 Å². The van der Waals surface area contributed by atoms with Crippen molar-refractivity contribution in [2.24, 2.45) is 11.8 Å². The van der Waals surface area contributed by atoms with Gasteiger partial charge in [0.2, 0.25) is 5.88 Å². The molecule has 0 bridgehead atoms. The Hall–Kier alpha value is -1.09. The fourth-order valence-corrected chi connectivity index (χ4v) is 3.11. The molecule has 0 radical (unpaired) electrons. The van der Waals surface area contributed by atoms with Crippen LogP contribution in [0.15, 0.2) is 18.3 Å². The van der Waals surface area contributed by atoms with Gasteiger partial charge in [-0.05, 0) is 30.2 Å². The molecule has 1 heterocycles.